The zero-order valence-electron chi connectivity index (χ0n) is 13.2. The number of hydrogen-bond donors (Lipinski definition) is 1. The van der Waals surface area contributed by atoms with Gasteiger partial charge >= 0.3 is 0 Å². The lowest BCUT2D eigenvalue weighted by Gasteiger charge is -2.22. The monoisotopic (exact) mass is 325 g/mol. The summed E-state index contributed by atoms with van der Waals surface area (Å²) in [7, 11) is 0. The lowest BCUT2D eigenvalue weighted by atomic mass is 10.0. The van der Waals surface area contributed by atoms with Crippen molar-refractivity contribution >= 4 is 28.2 Å². The van der Waals surface area contributed by atoms with Crippen molar-refractivity contribution in [2.45, 2.75) is 13.8 Å². The van der Waals surface area contributed by atoms with Crippen LogP contribution in [-0.4, -0.2) is 23.2 Å². The van der Waals surface area contributed by atoms with Crippen LogP contribution >= 0.6 is 11.6 Å². The summed E-state index contributed by atoms with van der Waals surface area (Å²) < 4.78 is 0. The number of phenols is 1. The zero-order valence-corrected chi connectivity index (χ0v) is 13.9. The number of phenolic OH excluding ortho intramolecular Hbond substituents is 1. The van der Waals surface area contributed by atoms with Crippen molar-refractivity contribution in [2.24, 2.45) is 0 Å². The summed E-state index contributed by atoms with van der Waals surface area (Å²) in [5.41, 5.74) is 4.00. The third-order valence-corrected chi connectivity index (χ3v) is 4.32. The smallest absolute Gasteiger partial charge is 0.134 e. The number of rotatable bonds is 4. The summed E-state index contributed by atoms with van der Waals surface area (Å²) in [6.45, 7) is 6.10. The van der Waals surface area contributed by atoms with E-state index in [-0.39, 0.29) is 5.75 Å². The Morgan fingerprint density at radius 3 is 2.48 bits per heavy atom. The maximum atomic E-state index is 9.59. The average Bonchev–Trinajstić information content (AvgIpc) is 2.58. The van der Waals surface area contributed by atoms with Gasteiger partial charge in [-0.05, 0) is 49.2 Å². The number of fused-ring (bicyclic) bond motifs is 1. The number of halogens is 1. The van der Waals surface area contributed by atoms with Crippen molar-refractivity contribution < 1.29 is 5.11 Å². The van der Waals surface area contributed by atoms with Gasteiger partial charge in [-0.15, -0.1) is 0 Å². The summed E-state index contributed by atoms with van der Waals surface area (Å²) in [6, 6.07) is 14.6. The molecule has 1 radical (unpaired) electrons. The highest BCUT2D eigenvalue weighted by Gasteiger charge is 2.10. The SMILES string of the molecule is CCN(CC)c1[c]cnc2ccc(-c3ccc(O)c(Cl)c3)cc12. The van der Waals surface area contributed by atoms with E-state index in [0.717, 1.165) is 40.8 Å². The first-order valence-corrected chi connectivity index (χ1v) is 8.06. The minimum absolute atomic E-state index is 0.0926. The van der Waals surface area contributed by atoms with Crippen LogP contribution in [0.5, 0.6) is 5.75 Å². The Kier molecular flexibility index (Phi) is 4.39. The third kappa shape index (κ3) is 2.97. The molecule has 0 unspecified atom stereocenters. The van der Waals surface area contributed by atoms with E-state index >= 15 is 0 Å². The molecule has 0 atom stereocenters. The van der Waals surface area contributed by atoms with E-state index < -0.39 is 0 Å². The number of nitrogens with zero attached hydrogens (tertiary/aromatic N) is 2. The quantitative estimate of drug-likeness (QED) is 0.740. The van der Waals surface area contributed by atoms with Gasteiger partial charge in [-0.1, -0.05) is 23.7 Å². The average molecular weight is 326 g/mol. The fourth-order valence-corrected chi connectivity index (χ4v) is 2.93. The molecule has 3 rings (SSSR count). The second kappa shape index (κ2) is 6.47. The van der Waals surface area contributed by atoms with Gasteiger partial charge in [0.15, 0.2) is 0 Å². The molecule has 0 fully saturated rings. The number of pyridine rings is 1. The number of benzene rings is 2. The Labute approximate surface area is 141 Å². The molecule has 0 amide bonds. The predicted molar refractivity (Wildman–Crippen MR) is 96.3 cm³/mol. The molecule has 4 heteroatoms. The Morgan fingerprint density at radius 2 is 1.78 bits per heavy atom. The first kappa shape index (κ1) is 15.6. The Bertz CT molecular complexity index is 844. The summed E-state index contributed by atoms with van der Waals surface area (Å²) in [6.07, 6.45) is 1.73. The number of anilines is 1. The molecule has 0 spiro atoms. The van der Waals surface area contributed by atoms with E-state index in [4.69, 9.17) is 11.6 Å². The van der Waals surface area contributed by atoms with E-state index in [2.05, 4.69) is 35.9 Å². The van der Waals surface area contributed by atoms with E-state index in [1.54, 1.807) is 18.3 Å². The van der Waals surface area contributed by atoms with E-state index in [1.807, 2.05) is 18.2 Å². The molecule has 0 aliphatic carbocycles. The minimum Gasteiger partial charge on any atom is -0.506 e. The first-order valence-electron chi connectivity index (χ1n) is 7.68. The Hall–Kier alpha value is -2.26. The molecule has 0 saturated carbocycles. The summed E-state index contributed by atoms with van der Waals surface area (Å²) >= 11 is 6.03. The summed E-state index contributed by atoms with van der Waals surface area (Å²) in [5.74, 6) is 0.0926. The molecule has 0 aliphatic rings. The fraction of sp³-hybridized carbons (Fsp3) is 0.211. The van der Waals surface area contributed by atoms with Crippen LogP contribution in [0.25, 0.3) is 22.0 Å². The van der Waals surface area contributed by atoms with Crippen LogP contribution < -0.4 is 4.90 Å². The molecule has 117 valence electrons. The highest BCUT2D eigenvalue weighted by molar-refractivity contribution is 6.32. The highest BCUT2D eigenvalue weighted by Crippen LogP contribution is 2.33. The largest absolute Gasteiger partial charge is 0.506 e. The van der Waals surface area contributed by atoms with Crippen LogP contribution in [0, 0.1) is 6.07 Å². The second-order valence-electron chi connectivity index (χ2n) is 5.32. The van der Waals surface area contributed by atoms with E-state index in [0.29, 0.717) is 5.02 Å². The first-order chi connectivity index (χ1) is 11.1. The zero-order chi connectivity index (χ0) is 16.4. The molecule has 1 aromatic heterocycles. The van der Waals surface area contributed by atoms with Crippen molar-refractivity contribution in [1.82, 2.24) is 4.98 Å². The van der Waals surface area contributed by atoms with Crippen LogP contribution in [0.1, 0.15) is 13.8 Å². The van der Waals surface area contributed by atoms with E-state index in [9.17, 15) is 5.11 Å². The maximum Gasteiger partial charge on any atom is 0.134 e. The highest BCUT2D eigenvalue weighted by atomic mass is 35.5. The molecule has 0 saturated heterocycles. The maximum absolute atomic E-state index is 9.59. The van der Waals surface area contributed by atoms with Gasteiger partial charge in [0.05, 0.1) is 16.2 Å². The molecule has 23 heavy (non-hydrogen) atoms. The number of aromatic nitrogens is 1. The lowest BCUT2D eigenvalue weighted by Crippen LogP contribution is -2.22. The standard InChI is InChI=1S/C19H18ClN2O/c1-3-22(4-2)18-9-10-21-17-7-5-13(11-15(17)18)14-6-8-19(23)16(20)12-14/h5-8,10-12,23H,3-4H2,1-2H3. The van der Waals surface area contributed by atoms with Crippen molar-refractivity contribution in [1.29, 1.82) is 0 Å². The molecular weight excluding hydrogens is 308 g/mol. The van der Waals surface area contributed by atoms with Gasteiger partial charge in [-0.2, -0.15) is 0 Å². The number of aromatic hydroxyl groups is 1. The van der Waals surface area contributed by atoms with Crippen molar-refractivity contribution in [3.63, 3.8) is 0 Å². The van der Waals surface area contributed by atoms with Crippen LogP contribution in [-0.2, 0) is 0 Å². The third-order valence-electron chi connectivity index (χ3n) is 4.02. The topological polar surface area (TPSA) is 36.4 Å². The lowest BCUT2D eigenvalue weighted by molar-refractivity contribution is 0.475. The van der Waals surface area contributed by atoms with Gasteiger partial charge in [0, 0.05) is 30.7 Å². The Balaban J connectivity index is 2.17. The van der Waals surface area contributed by atoms with Crippen LogP contribution in [0.4, 0.5) is 5.69 Å². The molecule has 1 heterocycles. The molecule has 0 bridgehead atoms. The molecular formula is C19H18ClN2O. The molecule has 1 N–H and O–H groups in total. The van der Waals surface area contributed by atoms with Gasteiger partial charge in [-0.25, -0.2) is 0 Å². The molecule has 3 nitrogen and oxygen atoms in total. The van der Waals surface area contributed by atoms with E-state index in [1.165, 1.54) is 0 Å². The normalized spacial score (nSPS) is 10.9. The summed E-state index contributed by atoms with van der Waals surface area (Å²) in [4.78, 5) is 6.67. The fourth-order valence-electron chi connectivity index (χ4n) is 2.75. The van der Waals surface area contributed by atoms with Gasteiger partial charge in [0.2, 0.25) is 0 Å². The van der Waals surface area contributed by atoms with Crippen molar-refractivity contribution in [3.05, 3.63) is 53.7 Å². The van der Waals surface area contributed by atoms with Gasteiger partial charge in [0.1, 0.15) is 5.75 Å². The molecule has 2 aromatic carbocycles. The molecule has 0 aliphatic heterocycles. The number of hydrogen-bond acceptors (Lipinski definition) is 3. The second-order valence-corrected chi connectivity index (χ2v) is 5.73. The van der Waals surface area contributed by atoms with Crippen molar-refractivity contribution in [2.75, 3.05) is 18.0 Å². The Morgan fingerprint density at radius 1 is 1.09 bits per heavy atom. The van der Waals surface area contributed by atoms with Gasteiger partial charge in [-0.3, -0.25) is 4.98 Å². The van der Waals surface area contributed by atoms with Crippen LogP contribution in [0.15, 0.2) is 42.6 Å². The van der Waals surface area contributed by atoms with Crippen molar-refractivity contribution in [3.8, 4) is 16.9 Å². The van der Waals surface area contributed by atoms with Crippen LogP contribution in [0.2, 0.25) is 5.02 Å². The summed E-state index contributed by atoms with van der Waals surface area (Å²) in [5, 5.41) is 11.0. The van der Waals surface area contributed by atoms with Gasteiger partial charge in [0.25, 0.3) is 0 Å². The predicted octanol–water partition coefficient (Wildman–Crippen LogP) is 4.91. The van der Waals surface area contributed by atoms with Gasteiger partial charge < -0.3 is 10.0 Å². The minimum atomic E-state index is 0.0926. The molecule has 3 aromatic rings. The van der Waals surface area contributed by atoms with Crippen LogP contribution in [0.3, 0.4) is 0 Å².